The van der Waals surface area contributed by atoms with Gasteiger partial charge in [-0.3, -0.25) is 0 Å². The van der Waals surface area contributed by atoms with E-state index in [0.717, 1.165) is 31.7 Å². The van der Waals surface area contributed by atoms with Crippen molar-refractivity contribution in [3.63, 3.8) is 0 Å². The van der Waals surface area contributed by atoms with E-state index in [0.29, 0.717) is 5.69 Å². The van der Waals surface area contributed by atoms with Crippen LogP contribution in [-0.2, 0) is 0 Å². The first-order valence-electron chi connectivity index (χ1n) is 7.35. The second-order valence-electron chi connectivity index (χ2n) is 5.19. The molecule has 0 unspecified atom stereocenters. The van der Waals surface area contributed by atoms with Crippen LogP contribution in [0, 0.1) is 0 Å². The van der Waals surface area contributed by atoms with Crippen molar-refractivity contribution in [1.29, 1.82) is 0 Å². The van der Waals surface area contributed by atoms with Gasteiger partial charge in [0.1, 0.15) is 0 Å². The smallest absolute Gasteiger partial charge is 0.321 e. The molecule has 6 heteroatoms. The Morgan fingerprint density at radius 1 is 1.14 bits per heavy atom. The molecule has 2 aromatic rings. The van der Waals surface area contributed by atoms with Crippen molar-refractivity contribution in [3.8, 4) is 5.82 Å². The van der Waals surface area contributed by atoms with Crippen LogP contribution in [0.3, 0.4) is 0 Å². The largest absolute Gasteiger partial charge is 0.325 e. The van der Waals surface area contributed by atoms with Crippen molar-refractivity contribution in [2.24, 2.45) is 0 Å². The Kier molecular flexibility index (Phi) is 4.14. The number of rotatable bonds is 2. The van der Waals surface area contributed by atoms with Crippen LogP contribution in [0.5, 0.6) is 0 Å². The molecule has 110 valence electrons. The number of hydrogen-bond acceptors (Lipinski definition) is 3. The topological polar surface area (TPSA) is 63.1 Å². The van der Waals surface area contributed by atoms with E-state index in [2.05, 4.69) is 15.4 Å². The number of pyridine rings is 1. The maximum Gasteiger partial charge on any atom is 0.321 e. The molecule has 2 aromatic heterocycles. The number of hydrogen-bond donors (Lipinski definition) is 1. The van der Waals surface area contributed by atoms with Crippen molar-refractivity contribution in [2.75, 3.05) is 18.4 Å². The fourth-order valence-electron chi connectivity index (χ4n) is 2.48. The molecule has 21 heavy (non-hydrogen) atoms. The van der Waals surface area contributed by atoms with Gasteiger partial charge in [-0.1, -0.05) is 12.8 Å². The van der Waals surface area contributed by atoms with Crippen LogP contribution in [0.4, 0.5) is 10.5 Å². The number of nitrogens with zero attached hydrogens (tertiary/aromatic N) is 4. The molecule has 0 aliphatic carbocycles. The van der Waals surface area contributed by atoms with Gasteiger partial charge in [0.05, 0.1) is 11.9 Å². The van der Waals surface area contributed by atoms with Crippen molar-refractivity contribution >= 4 is 11.7 Å². The van der Waals surface area contributed by atoms with Crippen LogP contribution in [0.2, 0.25) is 0 Å². The van der Waals surface area contributed by atoms with Gasteiger partial charge in [0.2, 0.25) is 0 Å². The summed E-state index contributed by atoms with van der Waals surface area (Å²) in [5, 5.41) is 7.03. The average molecular weight is 285 g/mol. The first kappa shape index (κ1) is 13.6. The van der Waals surface area contributed by atoms with E-state index in [1.165, 1.54) is 12.8 Å². The predicted molar refractivity (Wildman–Crippen MR) is 80.4 cm³/mol. The highest BCUT2D eigenvalue weighted by Gasteiger charge is 2.15. The van der Waals surface area contributed by atoms with Crippen LogP contribution in [0.25, 0.3) is 5.82 Å². The van der Waals surface area contributed by atoms with Crippen molar-refractivity contribution in [2.45, 2.75) is 25.7 Å². The fraction of sp³-hybridized carbons (Fsp3) is 0.400. The van der Waals surface area contributed by atoms with Crippen LogP contribution < -0.4 is 5.32 Å². The molecular formula is C15H19N5O. The number of nitrogens with one attached hydrogen (secondary N) is 1. The van der Waals surface area contributed by atoms with Crippen molar-refractivity contribution < 1.29 is 4.79 Å². The number of aromatic nitrogens is 3. The van der Waals surface area contributed by atoms with Gasteiger partial charge < -0.3 is 10.2 Å². The Morgan fingerprint density at radius 3 is 2.57 bits per heavy atom. The molecule has 0 radical (unpaired) electrons. The van der Waals surface area contributed by atoms with E-state index in [9.17, 15) is 4.79 Å². The Labute approximate surface area is 123 Å². The Morgan fingerprint density at radius 2 is 1.95 bits per heavy atom. The molecule has 1 aliphatic heterocycles. The van der Waals surface area contributed by atoms with E-state index >= 15 is 0 Å². The van der Waals surface area contributed by atoms with Crippen molar-refractivity contribution in [3.05, 3.63) is 36.8 Å². The maximum absolute atomic E-state index is 12.2. The zero-order valence-electron chi connectivity index (χ0n) is 11.9. The van der Waals surface area contributed by atoms with Gasteiger partial charge >= 0.3 is 6.03 Å². The Balaban J connectivity index is 1.63. The first-order chi connectivity index (χ1) is 10.3. The second kappa shape index (κ2) is 6.39. The lowest BCUT2D eigenvalue weighted by atomic mass is 10.2. The standard InChI is InChI=1S/C15H19N5O/c21-15(19-9-3-1-2-4-10-19)18-13-6-7-14(16-12-13)20-11-5-8-17-20/h5-8,11-12H,1-4,9-10H2,(H,18,21). The monoisotopic (exact) mass is 285 g/mol. The van der Waals surface area contributed by atoms with Crippen molar-refractivity contribution in [1.82, 2.24) is 19.7 Å². The number of carbonyl (C=O) groups is 1. The zero-order valence-corrected chi connectivity index (χ0v) is 11.9. The highest BCUT2D eigenvalue weighted by molar-refractivity contribution is 5.89. The molecule has 0 atom stereocenters. The summed E-state index contributed by atoms with van der Waals surface area (Å²) >= 11 is 0. The van der Waals surface area contributed by atoms with Crippen LogP contribution in [-0.4, -0.2) is 38.8 Å². The number of likely N-dealkylation sites (tertiary alicyclic amines) is 1. The summed E-state index contributed by atoms with van der Waals surface area (Å²) in [5.41, 5.74) is 0.708. The molecule has 2 amide bonds. The van der Waals surface area contributed by atoms with Gasteiger partial charge in [-0.05, 0) is 31.0 Å². The molecule has 1 aliphatic rings. The second-order valence-corrected chi connectivity index (χ2v) is 5.19. The molecule has 6 nitrogen and oxygen atoms in total. The maximum atomic E-state index is 12.2. The van der Waals surface area contributed by atoms with E-state index in [1.54, 1.807) is 17.1 Å². The normalized spacial score (nSPS) is 15.5. The molecule has 1 fully saturated rings. The number of amides is 2. The van der Waals surface area contributed by atoms with E-state index in [-0.39, 0.29) is 6.03 Å². The minimum Gasteiger partial charge on any atom is -0.325 e. The Hall–Kier alpha value is -2.37. The van der Waals surface area contributed by atoms with E-state index in [1.807, 2.05) is 29.3 Å². The minimum absolute atomic E-state index is 0.0365. The molecule has 1 N–H and O–H groups in total. The van der Waals surface area contributed by atoms with Gasteiger partial charge in [0.15, 0.2) is 5.82 Å². The fourth-order valence-corrected chi connectivity index (χ4v) is 2.48. The van der Waals surface area contributed by atoms with Gasteiger partial charge in [-0.15, -0.1) is 0 Å². The summed E-state index contributed by atoms with van der Waals surface area (Å²) < 4.78 is 1.68. The Bertz CT molecular complexity index is 571. The van der Waals surface area contributed by atoms with E-state index in [4.69, 9.17) is 0 Å². The molecule has 0 aromatic carbocycles. The minimum atomic E-state index is -0.0365. The molecule has 3 rings (SSSR count). The zero-order chi connectivity index (χ0) is 14.5. The summed E-state index contributed by atoms with van der Waals surface area (Å²) in [5.74, 6) is 0.729. The van der Waals surface area contributed by atoms with Crippen LogP contribution in [0.15, 0.2) is 36.8 Å². The quantitative estimate of drug-likeness (QED) is 0.922. The van der Waals surface area contributed by atoms with E-state index < -0.39 is 0 Å². The number of anilines is 1. The lowest BCUT2D eigenvalue weighted by Gasteiger charge is -2.20. The van der Waals surface area contributed by atoms with Crippen LogP contribution in [0.1, 0.15) is 25.7 Å². The van der Waals surface area contributed by atoms with Gasteiger partial charge in [0.25, 0.3) is 0 Å². The summed E-state index contributed by atoms with van der Waals surface area (Å²) in [7, 11) is 0. The summed E-state index contributed by atoms with van der Waals surface area (Å²) in [4.78, 5) is 18.4. The molecule has 0 saturated carbocycles. The lowest BCUT2D eigenvalue weighted by molar-refractivity contribution is 0.214. The van der Waals surface area contributed by atoms with Crippen LogP contribution >= 0.6 is 0 Å². The summed E-state index contributed by atoms with van der Waals surface area (Å²) in [6, 6.07) is 5.49. The SMILES string of the molecule is O=C(Nc1ccc(-n2cccn2)nc1)N1CCCCCC1. The third-order valence-corrected chi connectivity index (χ3v) is 3.63. The number of urea groups is 1. The molecule has 0 bridgehead atoms. The number of carbonyl (C=O) groups excluding carboxylic acids is 1. The molecule has 3 heterocycles. The lowest BCUT2D eigenvalue weighted by Crippen LogP contribution is -2.35. The van der Waals surface area contributed by atoms with Gasteiger partial charge in [-0.25, -0.2) is 14.5 Å². The first-order valence-corrected chi connectivity index (χ1v) is 7.35. The molecule has 1 saturated heterocycles. The third-order valence-electron chi connectivity index (χ3n) is 3.63. The highest BCUT2D eigenvalue weighted by atomic mass is 16.2. The third kappa shape index (κ3) is 3.39. The average Bonchev–Trinajstić information content (AvgIpc) is 2.90. The van der Waals surface area contributed by atoms with Gasteiger partial charge in [0, 0.05) is 25.5 Å². The highest BCUT2D eigenvalue weighted by Crippen LogP contribution is 2.13. The van der Waals surface area contributed by atoms with Gasteiger partial charge in [-0.2, -0.15) is 5.10 Å². The predicted octanol–water partition coefficient (Wildman–Crippen LogP) is 2.68. The summed E-state index contributed by atoms with van der Waals surface area (Å²) in [6.07, 6.45) is 9.79. The molecule has 0 spiro atoms. The molecular weight excluding hydrogens is 266 g/mol. The summed E-state index contributed by atoms with van der Waals surface area (Å²) in [6.45, 7) is 1.68.